The maximum absolute atomic E-state index is 12.1. The number of ether oxygens (including phenoxy) is 1. The summed E-state index contributed by atoms with van der Waals surface area (Å²) in [7, 11) is 0. The van der Waals surface area contributed by atoms with Crippen LogP contribution in [0.4, 0.5) is 0 Å². The lowest BCUT2D eigenvalue weighted by Crippen LogP contribution is -2.21. The van der Waals surface area contributed by atoms with Gasteiger partial charge in [-0.25, -0.2) is 0 Å². The summed E-state index contributed by atoms with van der Waals surface area (Å²) < 4.78 is 5.76. The number of fused-ring (bicyclic) bond motifs is 2. The maximum atomic E-state index is 12.1. The first-order chi connectivity index (χ1) is 9.84. The van der Waals surface area contributed by atoms with Gasteiger partial charge in [-0.15, -0.1) is 0 Å². The van der Waals surface area contributed by atoms with Crippen LogP contribution in [0, 0.1) is 11.8 Å². The lowest BCUT2D eigenvalue weighted by atomic mass is 9.76. The predicted molar refractivity (Wildman–Crippen MR) is 78.2 cm³/mol. The Labute approximate surface area is 118 Å². The fourth-order valence-electron chi connectivity index (χ4n) is 3.91. The molecule has 20 heavy (non-hydrogen) atoms. The number of cyclic esters (lactones) is 1. The van der Waals surface area contributed by atoms with Crippen LogP contribution in [0.2, 0.25) is 0 Å². The van der Waals surface area contributed by atoms with Crippen LogP contribution in [0.25, 0.3) is 10.8 Å². The number of hydrogen-bond acceptors (Lipinski definition) is 2. The summed E-state index contributed by atoms with van der Waals surface area (Å²) in [6.07, 6.45) is 4.46. The summed E-state index contributed by atoms with van der Waals surface area (Å²) in [4.78, 5) is 12.1. The summed E-state index contributed by atoms with van der Waals surface area (Å²) in [6.45, 7) is 0. The van der Waals surface area contributed by atoms with Gasteiger partial charge in [-0.2, -0.15) is 0 Å². The molecule has 0 aromatic heterocycles. The zero-order chi connectivity index (χ0) is 13.5. The fraction of sp³-hybridized carbons (Fsp3) is 0.389. The fourth-order valence-corrected chi connectivity index (χ4v) is 3.91. The molecule has 1 heterocycles. The Kier molecular flexibility index (Phi) is 2.76. The van der Waals surface area contributed by atoms with E-state index in [-0.39, 0.29) is 18.0 Å². The molecule has 2 fully saturated rings. The smallest absolute Gasteiger partial charge is 0.309 e. The van der Waals surface area contributed by atoms with E-state index < -0.39 is 0 Å². The number of carbonyl (C=O) groups is 1. The first-order valence-corrected chi connectivity index (χ1v) is 7.53. The molecule has 1 aliphatic heterocycles. The van der Waals surface area contributed by atoms with Crippen molar-refractivity contribution >= 4 is 16.7 Å². The highest BCUT2D eigenvalue weighted by Gasteiger charge is 2.46. The average molecular weight is 266 g/mol. The van der Waals surface area contributed by atoms with Gasteiger partial charge in [0.15, 0.2) is 0 Å². The molecule has 102 valence electrons. The van der Waals surface area contributed by atoms with Crippen LogP contribution in [0.15, 0.2) is 42.5 Å². The summed E-state index contributed by atoms with van der Waals surface area (Å²) in [6, 6.07) is 14.7. The largest absolute Gasteiger partial charge is 0.457 e. The molecule has 0 N–H and O–H groups in total. The molecular weight excluding hydrogens is 248 g/mol. The van der Waals surface area contributed by atoms with E-state index in [2.05, 4.69) is 42.5 Å². The van der Waals surface area contributed by atoms with Gasteiger partial charge in [-0.05, 0) is 23.6 Å². The highest BCUT2D eigenvalue weighted by atomic mass is 16.6. The van der Waals surface area contributed by atoms with E-state index in [0.29, 0.717) is 5.92 Å². The maximum Gasteiger partial charge on any atom is 0.309 e. The van der Waals surface area contributed by atoms with Crippen LogP contribution >= 0.6 is 0 Å². The lowest BCUT2D eigenvalue weighted by Gasteiger charge is -2.25. The molecule has 2 aliphatic rings. The van der Waals surface area contributed by atoms with Crippen LogP contribution in [-0.4, -0.2) is 5.97 Å². The molecule has 1 saturated carbocycles. The molecule has 1 saturated heterocycles. The highest BCUT2D eigenvalue weighted by Crippen LogP contribution is 2.48. The second-order valence-electron chi connectivity index (χ2n) is 5.98. The monoisotopic (exact) mass is 266 g/mol. The third kappa shape index (κ3) is 1.75. The second-order valence-corrected chi connectivity index (χ2v) is 5.98. The zero-order valence-electron chi connectivity index (χ0n) is 11.4. The Morgan fingerprint density at radius 3 is 2.70 bits per heavy atom. The third-order valence-corrected chi connectivity index (χ3v) is 4.88. The molecule has 0 amide bonds. The number of hydrogen-bond donors (Lipinski definition) is 0. The van der Waals surface area contributed by atoms with Crippen molar-refractivity contribution in [2.24, 2.45) is 11.8 Å². The molecule has 0 bridgehead atoms. The molecule has 0 spiro atoms. The van der Waals surface area contributed by atoms with E-state index in [1.807, 2.05) is 0 Å². The van der Waals surface area contributed by atoms with E-state index >= 15 is 0 Å². The van der Waals surface area contributed by atoms with Crippen LogP contribution in [0.3, 0.4) is 0 Å². The number of carbonyl (C=O) groups excluding carboxylic acids is 1. The number of benzene rings is 2. The molecule has 4 rings (SSSR count). The zero-order valence-corrected chi connectivity index (χ0v) is 11.4. The number of esters is 1. The summed E-state index contributed by atoms with van der Waals surface area (Å²) in [5.74, 6) is 0.530. The summed E-state index contributed by atoms with van der Waals surface area (Å²) in [5.41, 5.74) is 1.19. The minimum atomic E-state index is -0.0427. The minimum absolute atomic E-state index is 0.0210. The van der Waals surface area contributed by atoms with Crippen molar-refractivity contribution in [3.05, 3.63) is 48.0 Å². The van der Waals surface area contributed by atoms with Crippen LogP contribution < -0.4 is 0 Å². The normalized spacial score (nSPS) is 29.2. The van der Waals surface area contributed by atoms with Gasteiger partial charge in [-0.3, -0.25) is 4.79 Å². The molecule has 2 aromatic carbocycles. The Hall–Kier alpha value is -1.83. The van der Waals surface area contributed by atoms with Gasteiger partial charge in [0.2, 0.25) is 0 Å². The van der Waals surface area contributed by atoms with Crippen molar-refractivity contribution in [2.75, 3.05) is 0 Å². The predicted octanol–water partition coefficient (Wildman–Crippen LogP) is 4.24. The van der Waals surface area contributed by atoms with Gasteiger partial charge < -0.3 is 4.74 Å². The standard InChI is InChI=1S/C18H18O2/c19-18-16-10-4-3-9-15(16)17(20-18)14-11-5-7-12-6-1-2-8-13(12)14/h1-2,5-8,11,15-17H,3-4,9-10H2/t15-,16+,17+/m0/s1. The minimum Gasteiger partial charge on any atom is -0.457 e. The molecule has 2 heteroatoms. The van der Waals surface area contributed by atoms with Crippen molar-refractivity contribution in [2.45, 2.75) is 31.8 Å². The highest BCUT2D eigenvalue weighted by molar-refractivity contribution is 5.87. The molecule has 0 radical (unpaired) electrons. The first-order valence-electron chi connectivity index (χ1n) is 7.53. The molecule has 2 nitrogen and oxygen atoms in total. The molecule has 0 unspecified atom stereocenters. The Morgan fingerprint density at radius 1 is 0.950 bits per heavy atom. The van der Waals surface area contributed by atoms with Gasteiger partial charge >= 0.3 is 5.97 Å². The number of rotatable bonds is 1. The van der Waals surface area contributed by atoms with Crippen molar-refractivity contribution in [1.82, 2.24) is 0 Å². The summed E-state index contributed by atoms with van der Waals surface area (Å²) in [5, 5.41) is 2.44. The molecule has 2 aromatic rings. The van der Waals surface area contributed by atoms with Crippen LogP contribution in [-0.2, 0) is 9.53 Å². The van der Waals surface area contributed by atoms with Crippen LogP contribution in [0.5, 0.6) is 0 Å². The lowest BCUT2D eigenvalue weighted by molar-refractivity contribution is -0.144. The Balaban J connectivity index is 1.81. The first kappa shape index (κ1) is 12.0. The van der Waals surface area contributed by atoms with Gasteiger partial charge in [0, 0.05) is 11.5 Å². The topological polar surface area (TPSA) is 26.3 Å². The second kappa shape index (κ2) is 4.62. The summed E-state index contributed by atoms with van der Waals surface area (Å²) >= 11 is 0. The van der Waals surface area contributed by atoms with Crippen molar-refractivity contribution < 1.29 is 9.53 Å². The van der Waals surface area contributed by atoms with Crippen molar-refractivity contribution in [3.63, 3.8) is 0 Å². The van der Waals surface area contributed by atoms with E-state index in [1.54, 1.807) is 0 Å². The molecule has 1 aliphatic carbocycles. The van der Waals surface area contributed by atoms with Gasteiger partial charge in [-0.1, -0.05) is 55.3 Å². The van der Waals surface area contributed by atoms with E-state index in [9.17, 15) is 4.79 Å². The Morgan fingerprint density at radius 2 is 1.75 bits per heavy atom. The SMILES string of the molecule is O=C1O[C@H](c2cccc3ccccc23)[C@H]2CCCC[C@@H]12. The Bertz CT molecular complexity index is 656. The average Bonchev–Trinajstić information content (AvgIpc) is 2.84. The van der Waals surface area contributed by atoms with E-state index in [0.717, 1.165) is 12.8 Å². The van der Waals surface area contributed by atoms with Gasteiger partial charge in [0.05, 0.1) is 5.92 Å². The van der Waals surface area contributed by atoms with Crippen molar-refractivity contribution in [1.29, 1.82) is 0 Å². The quantitative estimate of drug-likeness (QED) is 0.721. The molecular formula is C18H18O2. The van der Waals surface area contributed by atoms with Crippen molar-refractivity contribution in [3.8, 4) is 0 Å². The van der Waals surface area contributed by atoms with E-state index in [1.165, 1.54) is 29.2 Å². The van der Waals surface area contributed by atoms with Gasteiger partial charge in [0.25, 0.3) is 0 Å². The third-order valence-electron chi connectivity index (χ3n) is 4.88. The van der Waals surface area contributed by atoms with Gasteiger partial charge in [0.1, 0.15) is 6.10 Å². The van der Waals surface area contributed by atoms with Crippen LogP contribution in [0.1, 0.15) is 37.4 Å². The molecule has 3 atom stereocenters. The van der Waals surface area contributed by atoms with E-state index in [4.69, 9.17) is 4.74 Å².